The highest BCUT2D eigenvalue weighted by atomic mass is 19.1. The molecule has 2 atom stereocenters. The third kappa shape index (κ3) is 5.92. The molecular weight excluding hydrogens is 421 g/mol. The number of carbonyl (C=O) groups excluding carboxylic acids is 1. The van der Waals surface area contributed by atoms with Gasteiger partial charge in [-0.05, 0) is 30.7 Å². The Bertz CT molecular complexity index is 1140. The van der Waals surface area contributed by atoms with Gasteiger partial charge in [0.05, 0.1) is 5.92 Å². The summed E-state index contributed by atoms with van der Waals surface area (Å²) in [7, 11) is 0. The summed E-state index contributed by atoms with van der Waals surface area (Å²) in [5, 5.41) is 9.64. The lowest BCUT2D eigenvalue weighted by molar-refractivity contribution is -0.148. The Morgan fingerprint density at radius 2 is 1.76 bits per heavy atom. The number of nitriles is 1. The number of aromatic nitrogens is 2. The molecule has 3 rings (SSSR count). The Labute approximate surface area is 193 Å². The summed E-state index contributed by atoms with van der Waals surface area (Å²) in [5.74, 6) is -0.742. The van der Waals surface area contributed by atoms with Crippen molar-refractivity contribution in [2.24, 2.45) is 0 Å². The van der Waals surface area contributed by atoms with Crippen LogP contribution in [0.2, 0.25) is 0 Å². The highest BCUT2D eigenvalue weighted by Gasteiger charge is 2.27. The molecule has 170 valence electrons. The van der Waals surface area contributed by atoms with Gasteiger partial charge in [-0.3, -0.25) is 4.79 Å². The van der Waals surface area contributed by atoms with Crippen LogP contribution in [0.3, 0.4) is 0 Å². The fourth-order valence-electron chi connectivity index (χ4n) is 3.19. The summed E-state index contributed by atoms with van der Waals surface area (Å²) >= 11 is 0. The van der Waals surface area contributed by atoms with E-state index in [9.17, 15) is 14.4 Å². The Balaban J connectivity index is 1.79. The van der Waals surface area contributed by atoms with Gasteiger partial charge in [-0.25, -0.2) is 14.4 Å². The van der Waals surface area contributed by atoms with Crippen molar-refractivity contribution in [2.75, 3.05) is 0 Å². The molecule has 2 aromatic carbocycles. The molecular formula is C26H26FN3O3. The van der Waals surface area contributed by atoms with Crippen molar-refractivity contribution in [1.29, 1.82) is 5.26 Å². The molecule has 1 aromatic heterocycles. The van der Waals surface area contributed by atoms with Crippen LogP contribution in [0.25, 0.3) is 0 Å². The van der Waals surface area contributed by atoms with E-state index in [0.29, 0.717) is 29.1 Å². The van der Waals surface area contributed by atoms with Crippen molar-refractivity contribution in [3.8, 4) is 17.6 Å². The number of benzene rings is 2. The topological polar surface area (TPSA) is 85.1 Å². The maximum absolute atomic E-state index is 14.3. The van der Waals surface area contributed by atoms with Gasteiger partial charge in [0.2, 0.25) is 6.10 Å². The maximum Gasteiger partial charge on any atom is 0.315 e. The second kappa shape index (κ2) is 10.2. The zero-order valence-corrected chi connectivity index (χ0v) is 19.1. The molecule has 0 fully saturated rings. The number of carbonyl (C=O) groups is 1. The van der Waals surface area contributed by atoms with Crippen LogP contribution < -0.4 is 4.74 Å². The molecule has 1 heterocycles. The average molecular weight is 448 g/mol. The van der Waals surface area contributed by atoms with Gasteiger partial charge in [0.15, 0.2) is 11.6 Å². The predicted molar refractivity (Wildman–Crippen MR) is 121 cm³/mol. The van der Waals surface area contributed by atoms with Gasteiger partial charge >= 0.3 is 5.97 Å². The van der Waals surface area contributed by atoms with Crippen LogP contribution in [0.15, 0.2) is 60.9 Å². The van der Waals surface area contributed by atoms with Crippen LogP contribution >= 0.6 is 0 Å². The van der Waals surface area contributed by atoms with Gasteiger partial charge in [0.25, 0.3) is 0 Å². The molecule has 0 N–H and O–H groups in total. The van der Waals surface area contributed by atoms with E-state index in [2.05, 4.69) is 9.97 Å². The predicted octanol–water partition coefficient (Wildman–Crippen LogP) is 6.01. The number of hydrogen-bond acceptors (Lipinski definition) is 6. The van der Waals surface area contributed by atoms with E-state index in [-0.39, 0.29) is 11.2 Å². The molecule has 33 heavy (non-hydrogen) atoms. The molecule has 0 aliphatic heterocycles. The highest BCUT2D eigenvalue weighted by molar-refractivity contribution is 5.78. The van der Waals surface area contributed by atoms with Crippen LogP contribution in [0.5, 0.6) is 11.5 Å². The molecule has 0 spiro atoms. The first-order valence-corrected chi connectivity index (χ1v) is 10.7. The molecule has 0 aliphatic carbocycles. The standard InChI is InChI=1S/C26H26FN3O3/c1-5-20(18-15-29-25(30-16-18)26(2,3)4)24(31)33-23(14-28)17-11-12-21(27)22(13-17)32-19-9-7-6-8-10-19/h6-13,15-16,20,23H,5H2,1-4H3. The van der Waals surface area contributed by atoms with Crippen molar-refractivity contribution >= 4 is 5.97 Å². The van der Waals surface area contributed by atoms with Crippen LogP contribution in [0.4, 0.5) is 4.39 Å². The van der Waals surface area contributed by atoms with Crippen molar-refractivity contribution in [3.63, 3.8) is 0 Å². The van der Waals surface area contributed by atoms with Crippen molar-refractivity contribution in [3.05, 3.63) is 83.7 Å². The zero-order chi connectivity index (χ0) is 24.0. The lowest BCUT2D eigenvalue weighted by atomic mass is 9.94. The molecule has 0 saturated heterocycles. The van der Waals surface area contributed by atoms with Crippen LogP contribution in [0, 0.1) is 17.1 Å². The lowest BCUT2D eigenvalue weighted by Crippen LogP contribution is -2.20. The summed E-state index contributed by atoms with van der Waals surface area (Å²) in [6.07, 6.45) is 2.46. The SMILES string of the molecule is CCC(C(=O)OC(C#N)c1ccc(F)c(Oc2ccccc2)c1)c1cnc(C(C)(C)C)nc1. The number of nitrogens with zero attached hydrogens (tertiary/aromatic N) is 3. The number of rotatable bonds is 7. The monoisotopic (exact) mass is 447 g/mol. The molecule has 0 bridgehead atoms. The molecule has 0 aliphatic rings. The van der Waals surface area contributed by atoms with Gasteiger partial charge in [0, 0.05) is 28.9 Å². The maximum atomic E-state index is 14.3. The minimum Gasteiger partial charge on any atom is -0.454 e. The first-order valence-electron chi connectivity index (χ1n) is 10.7. The van der Waals surface area contributed by atoms with E-state index in [1.165, 1.54) is 18.2 Å². The molecule has 3 aromatic rings. The van der Waals surface area contributed by atoms with Gasteiger partial charge in [-0.15, -0.1) is 0 Å². The smallest absolute Gasteiger partial charge is 0.315 e. The fourth-order valence-corrected chi connectivity index (χ4v) is 3.19. The Morgan fingerprint density at radius 1 is 1.09 bits per heavy atom. The van der Waals surface area contributed by atoms with Gasteiger partial charge in [-0.2, -0.15) is 5.26 Å². The normalized spacial score (nSPS) is 13.0. The van der Waals surface area contributed by atoms with Gasteiger partial charge in [-0.1, -0.05) is 52.0 Å². The van der Waals surface area contributed by atoms with E-state index in [4.69, 9.17) is 9.47 Å². The lowest BCUT2D eigenvalue weighted by Gasteiger charge is -2.20. The quantitative estimate of drug-likeness (QED) is 0.413. The van der Waals surface area contributed by atoms with Gasteiger partial charge < -0.3 is 9.47 Å². The number of ether oxygens (including phenoxy) is 2. The summed E-state index contributed by atoms with van der Waals surface area (Å²) in [6.45, 7) is 7.85. The van der Waals surface area contributed by atoms with E-state index in [1.807, 2.05) is 39.8 Å². The number of halogens is 1. The fraction of sp³-hybridized carbons (Fsp3) is 0.308. The Hall–Kier alpha value is -3.79. The molecule has 2 unspecified atom stereocenters. The second-order valence-electron chi connectivity index (χ2n) is 8.60. The highest BCUT2D eigenvalue weighted by Crippen LogP contribution is 2.30. The summed E-state index contributed by atoms with van der Waals surface area (Å²) in [4.78, 5) is 21.7. The molecule has 0 saturated carbocycles. The first kappa shape index (κ1) is 23.9. The molecule has 7 heteroatoms. The summed E-state index contributed by atoms with van der Waals surface area (Å²) < 4.78 is 25.4. The van der Waals surface area contributed by atoms with E-state index < -0.39 is 23.8 Å². The zero-order valence-electron chi connectivity index (χ0n) is 19.1. The molecule has 0 radical (unpaired) electrons. The Morgan fingerprint density at radius 3 is 2.33 bits per heavy atom. The van der Waals surface area contributed by atoms with Gasteiger partial charge in [0.1, 0.15) is 17.6 Å². The average Bonchev–Trinajstić information content (AvgIpc) is 2.80. The van der Waals surface area contributed by atoms with E-state index in [1.54, 1.807) is 36.7 Å². The van der Waals surface area contributed by atoms with Crippen molar-refractivity contribution in [1.82, 2.24) is 9.97 Å². The number of hydrogen-bond donors (Lipinski definition) is 0. The van der Waals surface area contributed by atoms with Crippen molar-refractivity contribution in [2.45, 2.75) is 51.6 Å². The number of para-hydroxylation sites is 1. The first-order chi connectivity index (χ1) is 15.7. The second-order valence-corrected chi connectivity index (χ2v) is 8.60. The van der Waals surface area contributed by atoms with E-state index >= 15 is 0 Å². The van der Waals surface area contributed by atoms with Crippen LogP contribution in [0.1, 0.15) is 63.1 Å². The third-order valence-corrected chi connectivity index (χ3v) is 5.02. The Kier molecular flexibility index (Phi) is 7.39. The minimum atomic E-state index is -1.22. The number of esters is 1. The third-order valence-electron chi connectivity index (χ3n) is 5.02. The van der Waals surface area contributed by atoms with Crippen LogP contribution in [-0.2, 0) is 14.9 Å². The molecule has 6 nitrogen and oxygen atoms in total. The summed E-state index contributed by atoms with van der Waals surface area (Å²) in [5.41, 5.74) is 0.709. The minimum absolute atomic E-state index is 0.0618. The largest absolute Gasteiger partial charge is 0.454 e. The van der Waals surface area contributed by atoms with E-state index in [0.717, 1.165) is 0 Å². The summed E-state index contributed by atoms with van der Waals surface area (Å²) in [6, 6.07) is 14.6. The molecule has 0 amide bonds. The van der Waals surface area contributed by atoms with Crippen LogP contribution in [-0.4, -0.2) is 15.9 Å². The van der Waals surface area contributed by atoms with Crippen molar-refractivity contribution < 1.29 is 18.7 Å².